The van der Waals surface area contributed by atoms with Crippen LogP contribution in [0.25, 0.3) is 11.4 Å². The van der Waals surface area contributed by atoms with E-state index < -0.39 is 0 Å². The summed E-state index contributed by atoms with van der Waals surface area (Å²) < 4.78 is 0. The molecular formula is C11H10ClN3. The lowest BCUT2D eigenvalue weighted by Crippen LogP contribution is -1.94. The fraction of sp³-hybridized carbons (Fsp3) is 0.0909. The zero-order chi connectivity index (χ0) is 10.8. The molecule has 0 fully saturated rings. The van der Waals surface area contributed by atoms with Crippen molar-refractivity contribution in [2.24, 2.45) is 0 Å². The Kier molecular flexibility index (Phi) is 2.56. The highest BCUT2D eigenvalue weighted by Gasteiger charge is 2.03. The molecule has 0 spiro atoms. The van der Waals surface area contributed by atoms with Gasteiger partial charge in [-0.1, -0.05) is 23.7 Å². The van der Waals surface area contributed by atoms with Gasteiger partial charge in [0.05, 0.1) is 0 Å². The third-order valence-electron chi connectivity index (χ3n) is 2.11. The Morgan fingerprint density at radius 1 is 1.27 bits per heavy atom. The van der Waals surface area contributed by atoms with Gasteiger partial charge >= 0.3 is 0 Å². The molecule has 0 saturated carbocycles. The fourth-order valence-corrected chi connectivity index (χ4v) is 1.42. The molecule has 1 aromatic heterocycles. The maximum Gasteiger partial charge on any atom is 0.161 e. The van der Waals surface area contributed by atoms with Gasteiger partial charge in [-0.05, 0) is 24.6 Å². The molecule has 3 nitrogen and oxygen atoms in total. The van der Waals surface area contributed by atoms with Gasteiger partial charge in [-0.3, -0.25) is 0 Å². The Bertz CT molecular complexity index is 497. The standard InChI is InChI=1S/C11H10ClN3/c1-7-2-3-8(6-9(7)12)11-14-5-4-10(13)15-11/h2-6H,1H3,(H2,13,14,15). The summed E-state index contributed by atoms with van der Waals surface area (Å²) in [6, 6.07) is 7.35. The van der Waals surface area contributed by atoms with Crippen LogP contribution in [0.5, 0.6) is 0 Å². The Balaban J connectivity index is 2.50. The second-order valence-electron chi connectivity index (χ2n) is 3.27. The zero-order valence-corrected chi connectivity index (χ0v) is 8.99. The van der Waals surface area contributed by atoms with Crippen molar-refractivity contribution in [3.05, 3.63) is 41.0 Å². The molecule has 2 N–H and O–H groups in total. The van der Waals surface area contributed by atoms with Crippen molar-refractivity contribution in [1.82, 2.24) is 9.97 Å². The monoisotopic (exact) mass is 219 g/mol. The average molecular weight is 220 g/mol. The van der Waals surface area contributed by atoms with Gasteiger partial charge in [-0.25, -0.2) is 9.97 Å². The van der Waals surface area contributed by atoms with E-state index in [2.05, 4.69) is 9.97 Å². The number of nitrogens with two attached hydrogens (primary N) is 1. The molecule has 15 heavy (non-hydrogen) atoms. The fourth-order valence-electron chi connectivity index (χ4n) is 1.24. The number of anilines is 1. The van der Waals surface area contributed by atoms with Gasteiger partial charge in [0.25, 0.3) is 0 Å². The number of hydrogen-bond acceptors (Lipinski definition) is 3. The number of aryl methyl sites for hydroxylation is 1. The Morgan fingerprint density at radius 2 is 2.07 bits per heavy atom. The normalized spacial score (nSPS) is 10.3. The van der Waals surface area contributed by atoms with Gasteiger partial charge in [0.1, 0.15) is 5.82 Å². The number of aromatic nitrogens is 2. The molecule has 76 valence electrons. The van der Waals surface area contributed by atoms with E-state index in [0.29, 0.717) is 16.7 Å². The molecule has 0 aliphatic heterocycles. The van der Waals surface area contributed by atoms with Gasteiger partial charge in [-0.2, -0.15) is 0 Å². The molecule has 0 radical (unpaired) electrons. The number of nitrogen functional groups attached to an aromatic ring is 1. The summed E-state index contributed by atoms with van der Waals surface area (Å²) in [4.78, 5) is 8.25. The first-order valence-electron chi connectivity index (χ1n) is 4.52. The smallest absolute Gasteiger partial charge is 0.161 e. The molecule has 2 rings (SSSR count). The summed E-state index contributed by atoms with van der Waals surface area (Å²) in [5.41, 5.74) is 7.48. The number of benzene rings is 1. The first-order valence-corrected chi connectivity index (χ1v) is 4.89. The molecular weight excluding hydrogens is 210 g/mol. The molecule has 1 heterocycles. The van der Waals surface area contributed by atoms with Crippen LogP contribution in [0, 0.1) is 6.92 Å². The molecule has 1 aromatic carbocycles. The SMILES string of the molecule is Cc1ccc(-c2nccc(N)n2)cc1Cl. The summed E-state index contributed by atoms with van der Waals surface area (Å²) >= 11 is 6.02. The maximum atomic E-state index is 6.02. The molecule has 0 aliphatic rings. The average Bonchev–Trinajstić information content (AvgIpc) is 2.22. The zero-order valence-electron chi connectivity index (χ0n) is 8.24. The first-order chi connectivity index (χ1) is 7.16. The lowest BCUT2D eigenvalue weighted by molar-refractivity contribution is 1.18. The molecule has 0 amide bonds. The van der Waals surface area contributed by atoms with Gasteiger partial charge < -0.3 is 5.73 Å². The minimum Gasteiger partial charge on any atom is -0.384 e. The van der Waals surface area contributed by atoms with Crippen molar-refractivity contribution in [3.63, 3.8) is 0 Å². The first kappa shape index (κ1) is 9.93. The van der Waals surface area contributed by atoms with E-state index in [0.717, 1.165) is 11.1 Å². The van der Waals surface area contributed by atoms with Gasteiger partial charge in [0.15, 0.2) is 5.82 Å². The van der Waals surface area contributed by atoms with Crippen LogP contribution in [-0.4, -0.2) is 9.97 Å². The predicted octanol–water partition coefficient (Wildman–Crippen LogP) is 2.69. The summed E-state index contributed by atoms with van der Waals surface area (Å²) in [6.07, 6.45) is 1.63. The maximum absolute atomic E-state index is 6.02. The predicted molar refractivity (Wildman–Crippen MR) is 61.6 cm³/mol. The number of nitrogens with zero attached hydrogens (tertiary/aromatic N) is 2. The summed E-state index contributed by atoms with van der Waals surface area (Å²) in [5, 5.41) is 0.707. The molecule has 0 aliphatic carbocycles. The van der Waals surface area contributed by atoms with Crippen LogP contribution < -0.4 is 5.73 Å². The second-order valence-corrected chi connectivity index (χ2v) is 3.68. The summed E-state index contributed by atoms with van der Waals surface area (Å²) in [5.74, 6) is 1.05. The van der Waals surface area contributed by atoms with E-state index >= 15 is 0 Å². The van der Waals surface area contributed by atoms with E-state index in [9.17, 15) is 0 Å². The van der Waals surface area contributed by atoms with E-state index in [-0.39, 0.29) is 0 Å². The Morgan fingerprint density at radius 3 is 2.73 bits per heavy atom. The molecule has 2 aromatic rings. The van der Waals surface area contributed by atoms with E-state index in [4.69, 9.17) is 17.3 Å². The largest absolute Gasteiger partial charge is 0.384 e. The molecule has 0 bridgehead atoms. The molecule has 0 atom stereocenters. The number of rotatable bonds is 1. The third-order valence-corrected chi connectivity index (χ3v) is 2.51. The van der Waals surface area contributed by atoms with Crippen molar-refractivity contribution < 1.29 is 0 Å². The topological polar surface area (TPSA) is 51.8 Å². The van der Waals surface area contributed by atoms with Crippen LogP contribution in [0.2, 0.25) is 5.02 Å². The lowest BCUT2D eigenvalue weighted by Gasteiger charge is -2.03. The minimum absolute atomic E-state index is 0.455. The van der Waals surface area contributed by atoms with E-state index in [1.807, 2.05) is 25.1 Å². The summed E-state index contributed by atoms with van der Waals surface area (Å²) in [6.45, 7) is 1.95. The van der Waals surface area contributed by atoms with E-state index in [1.54, 1.807) is 12.3 Å². The van der Waals surface area contributed by atoms with E-state index in [1.165, 1.54) is 0 Å². The highest BCUT2D eigenvalue weighted by atomic mass is 35.5. The van der Waals surface area contributed by atoms with Crippen LogP contribution in [-0.2, 0) is 0 Å². The van der Waals surface area contributed by atoms with Crippen LogP contribution >= 0.6 is 11.6 Å². The minimum atomic E-state index is 0.455. The quantitative estimate of drug-likeness (QED) is 0.802. The highest BCUT2D eigenvalue weighted by molar-refractivity contribution is 6.31. The van der Waals surface area contributed by atoms with Crippen molar-refractivity contribution in [1.29, 1.82) is 0 Å². The van der Waals surface area contributed by atoms with Crippen molar-refractivity contribution >= 4 is 17.4 Å². The second kappa shape index (κ2) is 3.87. The molecule has 0 saturated heterocycles. The third kappa shape index (κ3) is 2.07. The van der Waals surface area contributed by atoms with Crippen LogP contribution in [0.4, 0.5) is 5.82 Å². The summed E-state index contributed by atoms with van der Waals surface area (Å²) in [7, 11) is 0. The Hall–Kier alpha value is -1.61. The van der Waals surface area contributed by atoms with Crippen LogP contribution in [0.3, 0.4) is 0 Å². The molecule has 4 heteroatoms. The van der Waals surface area contributed by atoms with Crippen molar-refractivity contribution in [3.8, 4) is 11.4 Å². The van der Waals surface area contributed by atoms with Crippen molar-refractivity contribution in [2.45, 2.75) is 6.92 Å². The molecule has 0 unspecified atom stereocenters. The Labute approximate surface area is 92.9 Å². The van der Waals surface area contributed by atoms with Crippen molar-refractivity contribution in [2.75, 3.05) is 5.73 Å². The number of halogens is 1. The van der Waals surface area contributed by atoms with Crippen LogP contribution in [0.15, 0.2) is 30.5 Å². The number of hydrogen-bond donors (Lipinski definition) is 1. The highest BCUT2D eigenvalue weighted by Crippen LogP contribution is 2.22. The lowest BCUT2D eigenvalue weighted by atomic mass is 10.1. The van der Waals surface area contributed by atoms with Gasteiger partial charge in [-0.15, -0.1) is 0 Å². The van der Waals surface area contributed by atoms with Crippen LogP contribution in [0.1, 0.15) is 5.56 Å². The van der Waals surface area contributed by atoms with Gasteiger partial charge in [0.2, 0.25) is 0 Å². The van der Waals surface area contributed by atoms with Gasteiger partial charge in [0, 0.05) is 16.8 Å².